The Morgan fingerprint density at radius 1 is 1.30 bits per heavy atom. The summed E-state index contributed by atoms with van der Waals surface area (Å²) in [4.78, 5) is 22.5. The Balaban J connectivity index is 1.67. The fourth-order valence-corrected chi connectivity index (χ4v) is 3.87. The molecule has 0 amide bonds. The zero-order valence-electron chi connectivity index (χ0n) is 21.4. The molecule has 1 aliphatic rings. The van der Waals surface area contributed by atoms with Crippen LogP contribution in [0.25, 0.3) is 21.9 Å². The van der Waals surface area contributed by atoms with Crippen molar-refractivity contribution in [2.24, 2.45) is 5.73 Å². The second-order valence-electron chi connectivity index (χ2n) is 8.18. The fourth-order valence-electron chi connectivity index (χ4n) is 3.87. The summed E-state index contributed by atoms with van der Waals surface area (Å²) in [6.07, 6.45) is 3.04. The summed E-state index contributed by atoms with van der Waals surface area (Å²) >= 11 is 0. The topological polar surface area (TPSA) is 118 Å². The van der Waals surface area contributed by atoms with Gasteiger partial charge >= 0.3 is 6.01 Å². The number of aromatic nitrogens is 5. The highest BCUT2D eigenvalue weighted by Gasteiger charge is 2.29. The lowest BCUT2D eigenvalue weighted by atomic mass is 9.97. The first-order chi connectivity index (χ1) is 17.0. The minimum Gasteiger partial charge on any atom is -0.421 e. The van der Waals surface area contributed by atoms with Gasteiger partial charge in [0.15, 0.2) is 5.75 Å². The maximum absolute atomic E-state index is 14.6. The third-order valence-electron chi connectivity index (χ3n) is 5.89. The first-order valence-corrected chi connectivity index (χ1v) is 10.4. The van der Waals surface area contributed by atoms with Crippen LogP contribution in [0.3, 0.4) is 0 Å². The predicted molar refractivity (Wildman–Crippen MR) is 126 cm³/mol. The SMILES string of the molecule is [2H]C([2H])([2H])Nc1cc(F)cc2c1[nH]c1nc(Oc3cnc(C)nc3)nc(N3CC(=C(C)[C@H](C)N)C3)c12. The predicted octanol–water partition coefficient (Wildman–Crippen LogP) is 3.67. The highest BCUT2D eigenvalue weighted by Crippen LogP contribution is 2.39. The van der Waals surface area contributed by atoms with Crippen LogP contribution < -0.4 is 20.7 Å². The number of aromatic amines is 1. The number of rotatable bonds is 5. The summed E-state index contributed by atoms with van der Waals surface area (Å²) in [5.41, 5.74) is 9.23. The van der Waals surface area contributed by atoms with Crippen molar-refractivity contribution in [2.75, 3.05) is 30.3 Å². The lowest BCUT2D eigenvalue weighted by Crippen LogP contribution is -2.43. The Labute approximate surface area is 194 Å². The third-order valence-corrected chi connectivity index (χ3v) is 5.89. The summed E-state index contributed by atoms with van der Waals surface area (Å²) in [7, 11) is 0. The first kappa shape index (κ1) is 17.7. The Bertz CT molecular complexity index is 1490. The van der Waals surface area contributed by atoms with Gasteiger partial charge in [0.2, 0.25) is 0 Å². The Hall–Kier alpha value is -3.79. The van der Waals surface area contributed by atoms with Crippen molar-refractivity contribution in [3.05, 3.63) is 47.3 Å². The van der Waals surface area contributed by atoms with E-state index in [4.69, 9.17) is 14.6 Å². The third kappa shape index (κ3) is 3.72. The van der Waals surface area contributed by atoms with Crippen molar-refractivity contribution in [1.29, 1.82) is 0 Å². The molecule has 0 saturated carbocycles. The molecule has 10 heteroatoms. The summed E-state index contributed by atoms with van der Waals surface area (Å²) in [6, 6.07) is 2.45. The molecule has 0 aliphatic carbocycles. The van der Waals surface area contributed by atoms with E-state index in [-0.39, 0.29) is 17.7 Å². The number of nitrogens with zero attached hydrogens (tertiary/aromatic N) is 5. The molecule has 4 heterocycles. The molecular weight excluding hydrogens is 423 g/mol. The average molecular weight is 452 g/mol. The van der Waals surface area contributed by atoms with Gasteiger partial charge in [0, 0.05) is 35.6 Å². The van der Waals surface area contributed by atoms with Gasteiger partial charge in [-0.1, -0.05) is 5.57 Å². The number of benzene rings is 1. The Morgan fingerprint density at radius 2 is 2.06 bits per heavy atom. The van der Waals surface area contributed by atoms with Crippen LogP contribution in [-0.4, -0.2) is 51.0 Å². The number of nitrogens with two attached hydrogens (primary N) is 1. The maximum atomic E-state index is 14.6. The average Bonchev–Trinajstić information content (AvgIpc) is 3.11. The molecule has 170 valence electrons. The molecule has 1 saturated heterocycles. The first-order valence-electron chi connectivity index (χ1n) is 11.9. The summed E-state index contributed by atoms with van der Waals surface area (Å²) < 4.78 is 43.2. The van der Waals surface area contributed by atoms with Crippen LogP contribution >= 0.6 is 0 Å². The van der Waals surface area contributed by atoms with Crippen LogP contribution in [0.2, 0.25) is 0 Å². The van der Waals surface area contributed by atoms with Crippen LogP contribution in [0, 0.1) is 12.7 Å². The molecule has 0 spiro atoms. The number of hydrogen-bond donors (Lipinski definition) is 3. The monoisotopic (exact) mass is 451 g/mol. The van der Waals surface area contributed by atoms with Gasteiger partial charge < -0.3 is 25.7 Å². The largest absolute Gasteiger partial charge is 0.421 e. The van der Waals surface area contributed by atoms with Crippen molar-refractivity contribution in [3.8, 4) is 11.8 Å². The van der Waals surface area contributed by atoms with Crippen molar-refractivity contribution >= 4 is 33.4 Å². The summed E-state index contributed by atoms with van der Waals surface area (Å²) in [5.74, 6) is 0.890. The van der Waals surface area contributed by atoms with Crippen LogP contribution in [0.1, 0.15) is 23.8 Å². The highest BCUT2D eigenvalue weighted by atomic mass is 19.1. The molecule has 9 nitrogen and oxygen atoms in total. The zero-order chi connectivity index (χ0) is 25.8. The van der Waals surface area contributed by atoms with Gasteiger partial charge in [0.25, 0.3) is 0 Å². The summed E-state index contributed by atoms with van der Waals surface area (Å²) in [5, 5.41) is 3.41. The number of H-pyrrole nitrogens is 1. The van der Waals surface area contributed by atoms with Crippen LogP contribution in [0.15, 0.2) is 35.7 Å². The van der Waals surface area contributed by atoms with Crippen LogP contribution in [0.5, 0.6) is 11.8 Å². The van der Waals surface area contributed by atoms with E-state index in [9.17, 15) is 4.39 Å². The molecule has 0 unspecified atom stereocenters. The van der Waals surface area contributed by atoms with Gasteiger partial charge in [-0.3, -0.25) is 0 Å². The Kier molecular flexibility index (Phi) is 4.28. The normalized spacial score (nSPS) is 16.2. The number of halogens is 1. The van der Waals surface area contributed by atoms with Gasteiger partial charge in [-0.25, -0.2) is 14.4 Å². The smallest absolute Gasteiger partial charge is 0.326 e. The standard InChI is InChI=1S/C23H25FN8O/c1-11(12(2)25)14-9-32(10-14)22-19-17-5-15(24)6-18(26-4)20(17)29-21(19)30-23(31-22)33-16-7-27-13(3)28-8-16/h5-8,12,26H,9-10,25H2,1-4H3,(H,29,30,31)/t12-/m0/s1/i4D3. The minimum absolute atomic E-state index is 0.0451. The molecule has 0 bridgehead atoms. The number of nitrogens with one attached hydrogen (secondary N) is 2. The van der Waals surface area contributed by atoms with Crippen molar-refractivity contribution < 1.29 is 13.2 Å². The van der Waals surface area contributed by atoms with E-state index < -0.39 is 12.8 Å². The van der Waals surface area contributed by atoms with E-state index in [0.717, 1.165) is 11.6 Å². The van der Waals surface area contributed by atoms with E-state index in [0.29, 0.717) is 52.4 Å². The molecule has 1 atom stereocenters. The van der Waals surface area contributed by atoms with E-state index in [2.05, 4.69) is 30.2 Å². The minimum atomic E-state index is -2.51. The zero-order valence-corrected chi connectivity index (χ0v) is 18.4. The number of aryl methyl sites for hydroxylation is 1. The number of fused-ring (bicyclic) bond motifs is 3. The van der Waals surface area contributed by atoms with Gasteiger partial charge in [-0.2, -0.15) is 9.97 Å². The molecule has 4 N–H and O–H groups in total. The van der Waals surface area contributed by atoms with E-state index in [1.165, 1.54) is 24.0 Å². The van der Waals surface area contributed by atoms with Crippen LogP contribution in [0.4, 0.5) is 15.9 Å². The molecular formula is C23H25FN8O. The molecule has 33 heavy (non-hydrogen) atoms. The van der Waals surface area contributed by atoms with Crippen LogP contribution in [-0.2, 0) is 0 Å². The van der Waals surface area contributed by atoms with Crippen molar-refractivity contribution in [2.45, 2.75) is 26.8 Å². The molecule has 1 aromatic carbocycles. The van der Waals surface area contributed by atoms with Gasteiger partial charge in [-0.05, 0) is 38.5 Å². The lowest BCUT2D eigenvalue weighted by molar-refractivity contribution is 0.438. The van der Waals surface area contributed by atoms with Gasteiger partial charge in [0.1, 0.15) is 23.1 Å². The van der Waals surface area contributed by atoms with E-state index in [1.807, 2.05) is 18.7 Å². The molecule has 4 aromatic rings. The number of hydrogen-bond acceptors (Lipinski definition) is 8. The Morgan fingerprint density at radius 3 is 2.76 bits per heavy atom. The molecule has 0 radical (unpaired) electrons. The van der Waals surface area contributed by atoms with Crippen molar-refractivity contribution in [1.82, 2.24) is 24.9 Å². The molecule has 3 aromatic heterocycles. The molecule has 1 aliphatic heterocycles. The van der Waals surface area contributed by atoms with Gasteiger partial charge in [0.05, 0.1) is 29.0 Å². The second kappa shape index (κ2) is 7.96. The van der Waals surface area contributed by atoms with Gasteiger partial charge in [-0.15, -0.1) is 0 Å². The van der Waals surface area contributed by atoms with Crippen molar-refractivity contribution in [3.63, 3.8) is 0 Å². The molecule has 1 fully saturated rings. The number of ether oxygens (including phenoxy) is 1. The van der Waals surface area contributed by atoms with E-state index in [1.54, 1.807) is 6.92 Å². The second-order valence-corrected chi connectivity index (χ2v) is 8.18. The highest BCUT2D eigenvalue weighted by molar-refractivity contribution is 6.14. The fraction of sp³-hybridized carbons (Fsp3) is 0.304. The quantitative estimate of drug-likeness (QED) is 0.394. The number of anilines is 2. The molecule has 5 rings (SSSR count). The lowest BCUT2D eigenvalue weighted by Gasteiger charge is -2.37. The maximum Gasteiger partial charge on any atom is 0.326 e. The summed E-state index contributed by atoms with van der Waals surface area (Å²) in [6.45, 7) is 4.37. The van der Waals surface area contributed by atoms with E-state index >= 15 is 0 Å².